The standard InChI is InChI=1S/C17H22N4O3S/c1-4-13-18-17-21(19-13)16(23)15(25-17)14(20(2)8-9-22)11-6-5-7-12(10-11)24-3/h5-7,10,14,22-23H,4,8-9H2,1-3H3. The van der Waals surface area contributed by atoms with Gasteiger partial charge in [-0.3, -0.25) is 4.90 Å². The van der Waals surface area contributed by atoms with E-state index in [1.165, 1.54) is 15.9 Å². The fourth-order valence-electron chi connectivity index (χ4n) is 2.82. The van der Waals surface area contributed by atoms with E-state index in [2.05, 4.69) is 10.1 Å². The molecule has 25 heavy (non-hydrogen) atoms. The van der Waals surface area contributed by atoms with Gasteiger partial charge in [-0.25, -0.2) is 4.98 Å². The van der Waals surface area contributed by atoms with E-state index in [0.29, 0.717) is 23.8 Å². The van der Waals surface area contributed by atoms with Crippen LogP contribution in [-0.2, 0) is 6.42 Å². The number of rotatable bonds is 7. The minimum atomic E-state index is -0.235. The summed E-state index contributed by atoms with van der Waals surface area (Å²) in [5.74, 6) is 1.53. The van der Waals surface area contributed by atoms with E-state index < -0.39 is 0 Å². The van der Waals surface area contributed by atoms with E-state index >= 15 is 0 Å². The summed E-state index contributed by atoms with van der Waals surface area (Å²) in [4.78, 5) is 7.83. The van der Waals surface area contributed by atoms with Gasteiger partial charge in [0, 0.05) is 13.0 Å². The number of ether oxygens (including phenoxy) is 1. The van der Waals surface area contributed by atoms with Crippen LogP contribution >= 0.6 is 11.3 Å². The lowest BCUT2D eigenvalue weighted by Crippen LogP contribution is -2.28. The number of aryl methyl sites for hydroxylation is 1. The first-order valence-electron chi connectivity index (χ1n) is 8.11. The molecule has 2 aromatic heterocycles. The summed E-state index contributed by atoms with van der Waals surface area (Å²) in [5.41, 5.74) is 0.964. The molecule has 0 radical (unpaired) electrons. The van der Waals surface area contributed by atoms with Crippen LogP contribution in [0, 0.1) is 0 Å². The highest BCUT2D eigenvalue weighted by Gasteiger charge is 2.27. The molecule has 1 aromatic carbocycles. The second kappa shape index (κ2) is 7.38. The molecular weight excluding hydrogens is 340 g/mol. The van der Waals surface area contributed by atoms with Gasteiger partial charge in [-0.1, -0.05) is 30.4 Å². The molecule has 0 saturated heterocycles. The lowest BCUT2D eigenvalue weighted by atomic mass is 10.0. The van der Waals surface area contributed by atoms with Gasteiger partial charge in [0.05, 0.1) is 24.6 Å². The fraction of sp³-hybridized carbons (Fsp3) is 0.412. The third-order valence-electron chi connectivity index (χ3n) is 4.11. The topological polar surface area (TPSA) is 83.1 Å². The second-order valence-corrected chi connectivity index (χ2v) is 6.76. The predicted octanol–water partition coefficient (Wildman–Crippen LogP) is 2.08. The zero-order valence-electron chi connectivity index (χ0n) is 14.5. The first kappa shape index (κ1) is 17.7. The number of aromatic nitrogens is 3. The van der Waals surface area contributed by atoms with Gasteiger partial charge in [0.2, 0.25) is 10.8 Å². The van der Waals surface area contributed by atoms with Crippen molar-refractivity contribution in [3.63, 3.8) is 0 Å². The summed E-state index contributed by atoms with van der Waals surface area (Å²) in [6.07, 6.45) is 0.715. The number of hydrogen-bond donors (Lipinski definition) is 2. The minimum Gasteiger partial charge on any atom is -0.497 e. The Hall–Kier alpha value is -2.16. The van der Waals surface area contributed by atoms with E-state index in [4.69, 9.17) is 4.74 Å². The minimum absolute atomic E-state index is 0.0263. The van der Waals surface area contributed by atoms with Crippen LogP contribution in [0.1, 0.15) is 29.2 Å². The van der Waals surface area contributed by atoms with Crippen molar-refractivity contribution < 1.29 is 14.9 Å². The second-order valence-electron chi connectivity index (χ2n) is 5.75. The Kier molecular flexibility index (Phi) is 5.22. The average molecular weight is 362 g/mol. The largest absolute Gasteiger partial charge is 0.497 e. The molecule has 0 aliphatic rings. The number of hydrogen-bond acceptors (Lipinski definition) is 7. The Bertz CT molecular complexity index is 861. The molecule has 0 spiro atoms. The van der Waals surface area contributed by atoms with Crippen LogP contribution in [0.5, 0.6) is 11.6 Å². The average Bonchev–Trinajstić information content (AvgIpc) is 3.15. The van der Waals surface area contributed by atoms with Crippen molar-refractivity contribution in [2.45, 2.75) is 19.4 Å². The van der Waals surface area contributed by atoms with Gasteiger partial charge in [0.15, 0.2) is 5.82 Å². The van der Waals surface area contributed by atoms with Crippen molar-refractivity contribution in [2.75, 3.05) is 27.3 Å². The Morgan fingerprint density at radius 1 is 1.40 bits per heavy atom. The van der Waals surface area contributed by atoms with Gasteiger partial charge in [-0.15, -0.1) is 5.10 Å². The molecule has 3 rings (SSSR count). The monoisotopic (exact) mass is 362 g/mol. The molecule has 7 nitrogen and oxygen atoms in total. The molecule has 1 atom stereocenters. The van der Waals surface area contributed by atoms with E-state index in [-0.39, 0.29) is 18.5 Å². The zero-order chi connectivity index (χ0) is 18.0. The SMILES string of the molecule is CCc1nc2sc(C(c3cccc(OC)c3)N(C)CCO)c(O)n2n1. The lowest BCUT2D eigenvalue weighted by Gasteiger charge is -2.27. The molecule has 2 N–H and O–H groups in total. The number of aliphatic hydroxyl groups excluding tert-OH is 1. The summed E-state index contributed by atoms with van der Waals surface area (Å²) < 4.78 is 6.81. The summed E-state index contributed by atoms with van der Waals surface area (Å²) in [5, 5.41) is 24.4. The summed E-state index contributed by atoms with van der Waals surface area (Å²) in [7, 11) is 3.53. The Balaban J connectivity index is 2.10. The molecule has 0 fully saturated rings. The van der Waals surface area contributed by atoms with Crippen molar-refractivity contribution in [3.8, 4) is 11.6 Å². The first-order valence-corrected chi connectivity index (χ1v) is 8.93. The molecule has 0 bridgehead atoms. The molecule has 0 saturated carbocycles. The number of fused-ring (bicyclic) bond motifs is 1. The highest BCUT2D eigenvalue weighted by molar-refractivity contribution is 7.17. The number of methoxy groups -OCH3 is 1. The third kappa shape index (κ3) is 3.33. The van der Waals surface area contributed by atoms with E-state index in [9.17, 15) is 10.2 Å². The highest BCUT2D eigenvalue weighted by Crippen LogP contribution is 2.39. The normalized spacial score (nSPS) is 12.8. The number of aliphatic hydroxyl groups is 1. The van der Waals surface area contributed by atoms with Crippen molar-refractivity contribution >= 4 is 16.3 Å². The molecule has 0 aliphatic carbocycles. The molecule has 0 aliphatic heterocycles. The van der Waals surface area contributed by atoms with Crippen LogP contribution in [-0.4, -0.2) is 57.0 Å². The molecule has 3 aromatic rings. The van der Waals surface area contributed by atoms with Crippen LogP contribution in [0.15, 0.2) is 24.3 Å². The molecule has 0 amide bonds. The predicted molar refractivity (Wildman–Crippen MR) is 96.5 cm³/mol. The maximum Gasteiger partial charge on any atom is 0.230 e. The molecule has 1 unspecified atom stereocenters. The maximum absolute atomic E-state index is 10.7. The number of likely N-dealkylation sites (N-methyl/N-ethyl adjacent to an activating group) is 1. The van der Waals surface area contributed by atoms with Crippen molar-refractivity contribution in [1.29, 1.82) is 0 Å². The highest BCUT2D eigenvalue weighted by atomic mass is 32.1. The van der Waals surface area contributed by atoms with Crippen LogP contribution < -0.4 is 4.74 Å². The van der Waals surface area contributed by atoms with Gasteiger partial charge < -0.3 is 14.9 Å². The van der Waals surface area contributed by atoms with Crippen molar-refractivity contribution in [3.05, 3.63) is 40.5 Å². The van der Waals surface area contributed by atoms with E-state index in [1.54, 1.807) is 7.11 Å². The fourth-order valence-corrected chi connectivity index (χ4v) is 3.99. The molecule has 134 valence electrons. The van der Waals surface area contributed by atoms with Crippen molar-refractivity contribution in [2.24, 2.45) is 0 Å². The van der Waals surface area contributed by atoms with Gasteiger partial charge in [0.25, 0.3) is 0 Å². The summed E-state index contributed by atoms with van der Waals surface area (Å²) >= 11 is 1.41. The Morgan fingerprint density at radius 2 is 2.20 bits per heavy atom. The van der Waals surface area contributed by atoms with E-state index in [1.807, 2.05) is 43.1 Å². The van der Waals surface area contributed by atoms with Crippen LogP contribution in [0.3, 0.4) is 0 Å². The van der Waals surface area contributed by atoms with Gasteiger partial charge >= 0.3 is 0 Å². The van der Waals surface area contributed by atoms with Gasteiger partial charge in [-0.2, -0.15) is 4.52 Å². The number of benzene rings is 1. The first-order chi connectivity index (χ1) is 12.1. The van der Waals surface area contributed by atoms with Crippen LogP contribution in [0.4, 0.5) is 0 Å². The van der Waals surface area contributed by atoms with Gasteiger partial charge in [0.1, 0.15) is 5.75 Å². The molecule has 2 heterocycles. The lowest BCUT2D eigenvalue weighted by molar-refractivity contribution is 0.196. The third-order valence-corrected chi connectivity index (χ3v) is 5.18. The molecular formula is C17H22N4O3S. The summed E-state index contributed by atoms with van der Waals surface area (Å²) in [6.45, 7) is 2.47. The van der Waals surface area contributed by atoms with E-state index in [0.717, 1.165) is 16.2 Å². The maximum atomic E-state index is 10.7. The van der Waals surface area contributed by atoms with Crippen molar-refractivity contribution in [1.82, 2.24) is 19.5 Å². The number of thiazole rings is 1. The van der Waals surface area contributed by atoms with Crippen LogP contribution in [0.25, 0.3) is 4.96 Å². The number of nitrogens with zero attached hydrogens (tertiary/aromatic N) is 4. The Labute approximate surface area is 150 Å². The smallest absolute Gasteiger partial charge is 0.230 e. The summed E-state index contributed by atoms with van der Waals surface area (Å²) in [6, 6.07) is 7.47. The zero-order valence-corrected chi connectivity index (χ0v) is 15.3. The van der Waals surface area contributed by atoms with Crippen LogP contribution in [0.2, 0.25) is 0 Å². The molecule has 8 heteroatoms. The van der Waals surface area contributed by atoms with Gasteiger partial charge in [-0.05, 0) is 24.7 Å². The Morgan fingerprint density at radius 3 is 2.84 bits per heavy atom. The number of aromatic hydroxyl groups is 1. The quantitative estimate of drug-likeness (QED) is 0.670.